The Labute approximate surface area is 110 Å². The lowest BCUT2D eigenvalue weighted by molar-refractivity contribution is -0.145. The van der Waals surface area contributed by atoms with Crippen molar-refractivity contribution in [3.63, 3.8) is 0 Å². The molecule has 19 heavy (non-hydrogen) atoms. The van der Waals surface area contributed by atoms with Gasteiger partial charge in [-0.2, -0.15) is 0 Å². The first-order valence-electron chi connectivity index (χ1n) is 5.81. The number of hydrazine groups is 1. The fraction of sp³-hybridized carbons (Fsp3) is 0.417. The van der Waals surface area contributed by atoms with Gasteiger partial charge in [-0.1, -0.05) is 13.3 Å². The largest absolute Gasteiger partial charge is 0.508 e. The van der Waals surface area contributed by atoms with E-state index in [1.807, 2.05) is 6.92 Å². The van der Waals surface area contributed by atoms with E-state index in [-0.39, 0.29) is 24.2 Å². The Morgan fingerprint density at radius 1 is 1.26 bits per heavy atom. The Morgan fingerprint density at radius 3 is 2.32 bits per heavy atom. The van der Waals surface area contributed by atoms with Gasteiger partial charge in [-0.25, -0.2) is 5.43 Å². The maximum absolute atomic E-state index is 11.4. The van der Waals surface area contributed by atoms with E-state index in [4.69, 9.17) is 5.84 Å². The zero-order chi connectivity index (χ0) is 14.6. The molecule has 0 heterocycles. The van der Waals surface area contributed by atoms with E-state index in [1.54, 1.807) is 0 Å². The summed E-state index contributed by atoms with van der Waals surface area (Å²) in [6.45, 7) is 1.81. The van der Waals surface area contributed by atoms with Crippen molar-refractivity contribution in [3.8, 4) is 17.2 Å². The van der Waals surface area contributed by atoms with E-state index in [0.29, 0.717) is 6.42 Å². The Hall–Kier alpha value is -1.99. The molecule has 1 atom stereocenters. The summed E-state index contributed by atoms with van der Waals surface area (Å²) >= 11 is 0. The predicted molar refractivity (Wildman–Crippen MR) is 67.7 cm³/mol. The molecule has 0 spiro atoms. The second-order valence-electron chi connectivity index (χ2n) is 4.43. The first kappa shape index (κ1) is 15.1. The Balaban J connectivity index is 3.16. The van der Waals surface area contributed by atoms with E-state index in [1.165, 1.54) is 0 Å². The number of rotatable bonds is 6. The molecule has 1 aromatic carbocycles. The van der Waals surface area contributed by atoms with Gasteiger partial charge in [0.1, 0.15) is 11.3 Å². The Kier molecular flexibility index (Phi) is 4.57. The molecule has 0 aliphatic heterocycles. The Bertz CT molecular complexity index is 477. The lowest BCUT2D eigenvalue weighted by atomic mass is 9.86. The van der Waals surface area contributed by atoms with Gasteiger partial charge in [0.25, 0.3) is 0 Å². The monoisotopic (exact) mass is 270 g/mol. The van der Waals surface area contributed by atoms with Crippen LogP contribution >= 0.6 is 0 Å². The summed E-state index contributed by atoms with van der Waals surface area (Å²) in [6, 6.07) is 2.08. The van der Waals surface area contributed by atoms with Crippen molar-refractivity contribution >= 4 is 5.97 Å². The van der Waals surface area contributed by atoms with Crippen LogP contribution in [0.3, 0.4) is 0 Å². The highest BCUT2D eigenvalue weighted by atomic mass is 16.4. The highest BCUT2D eigenvalue weighted by Crippen LogP contribution is 2.34. The topological polar surface area (TPSA) is 136 Å². The summed E-state index contributed by atoms with van der Waals surface area (Å²) in [4.78, 5) is 11.4. The van der Waals surface area contributed by atoms with Crippen molar-refractivity contribution in [2.75, 3.05) is 0 Å². The summed E-state index contributed by atoms with van der Waals surface area (Å²) in [5.41, 5.74) is 1.02. The first-order valence-corrected chi connectivity index (χ1v) is 5.81. The zero-order valence-corrected chi connectivity index (χ0v) is 10.6. The quantitative estimate of drug-likeness (QED) is 0.191. The summed E-state index contributed by atoms with van der Waals surface area (Å²) in [6.07, 6.45) is 0.702. The van der Waals surface area contributed by atoms with Crippen LogP contribution in [0.2, 0.25) is 0 Å². The lowest BCUT2D eigenvalue weighted by Gasteiger charge is -2.28. The van der Waals surface area contributed by atoms with Gasteiger partial charge in [-0.15, -0.1) is 0 Å². The van der Waals surface area contributed by atoms with Crippen LogP contribution in [-0.4, -0.2) is 31.9 Å². The number of hydrogen-bond acceptors (Lipinski definition) is 6. The highest BCUT2D eigenvalue weighted by Gasteiger charge is 2.37. The Morgan fingerprint density at radius 2 is 1.84 bits per heavy atom. The number of hydrogen-bond donors (Lipinski definition) is 6. The fourth-order valence-electron chi connectivity index (χ4n) is 1.96. The number of carboxylic acids is 1. The predicted octanol–water partition coefficient (Wildman–Crippen LogP) is 0.433. The molecule has 0 aliphatic carbocycles. The average molecular weight is 270 g/mol. The van der Waals surface area contributed by atoms with E-state index in [9.17, 15) is 25.2 Å². The van der Waals surface area contributed by atoms with Gasteiger partial charge < -0.3 is 20.4 Å². The molecule has 1 aromatic rings. The molecule has 0 bridgehead atoms. The number of phenols is 3. The number of carbonyl (C=O) groups is 1. The second-order valence-corrected chi connectivity index (χ2v) is 4.43. The summed E-state index contributed by atoms with van der Waals surface area (Å²) in [5, 5.41) is 37.6. The minimum Gasteiger partial charge on any atom is -0.508 e. The van der Waals surface area contributed by atoms with Gasteiger partial charge in [-0.05, 0) is 12.5 Å². The van der Waals surface area contributed by atoms with E-state index < -0.39 is 23.0 Å². The minimum atomic E-state index is -1.43. The molecule has 7 heteroatoms. The van der Waals surface area contributed by atoms with Crippen LogP contribution in [0.4, 0.5) is 0 Å². The van der Waals surface area contributed by atoms with Crippen LogP contribution in [-0.2, 0) is 11.2 Å². The maximum atomic E-state index is 11.4. The van der Waals surface area contributed by atoms with Crippen LogP contribution in [0.1, 0.15) is 25.3 Å². The lowest BCUT2D eigenvalue weighted by Crippen LogP contribution is -2.57. The number of phenolic OH excluding ortho intramolecular Hbond substituents is 3. The third-order valence-corrected chi connectivity index (χ3v) is 3.03. The van der Waals surface area contributed by atoms with Gasteiger partial charge in [0.05, 0.1) is 0 Å². The second kappa shape index (κ2) is 5.77. The molecule has 1 unspecified atom stereocenters. The molecular weight excluding hydrogens is 252 g/mol. The average Bonchev–Trinajstić information content (AvgIpc) is 2.34. The SMILES string of the molecule is CCCC(Cc1cc(O)c(O)cc1O)(NN)C(=O)O. The van der Waals surface area contributed by atoms with Crippen molar-refractivity contribution < 1.29 is 25.2 Å². The standard InChI is InChI=1S/C12H18N2O5/c1-2-3-12(14-13,11(18)19)6-7-4-9(16)10(17)5-8(7)15/h4-5,14-17H,2-3,6,13H2,1H3,(H,18,19). The van der Waals surface area contributed by atoms with E-state index in [0.717, 1.165) is 12.1 Å². The van der Waals surface area contributed by atoms with Crippen molar-refractivity contribution in [3.05, 3.63) is 17.7 Å². The number of aromatic hydroxyl groups is 3. The summed E-state index contributed by atoms with van der Waals surface area (Å²) in [7, 11) is 0. The highest BCUT2D eigenvalue weighted by molar-refractivity contribution is 5.79. The third-order valence-electron chi connectivity index (χ3n) is 3.03. The van der Waals surface area contributed by atoms with Crippen molar-refractivity contribution in [1.82, 2.24) is 5.43 Å². The minimum absolute atomic E-state index is 0.119. The summed E-state index contributed by atoms with van der Waals surface area (Å²) in [5.74, 6) is 2.98. The maximum Gasteiger partial charge on any atom is 0.325 e. The molecule has 106 valence electrons. The molecule has 0 aromatic heterocycles. The van der Waals surface area contributed by atoms with Crippen molar-refractivity contribution in [1.29, 1.82) is 0 Å². The molecule has 0 radical (unpaired) electrons. The number of benzene rings is 1. The van der Waals surface area contributed by atoms with Crippen LogP contribution in [0, 0.1) is 0 Å². The van der Waals surface area contributed by atoms with Crippen molar-refractivity contribution in [2.45, 2.75) is 31.7 Å². The number of nitrogens with one attached hydrogen (secondary N) is 1. The van der Waals surface area contributed by atoms with Gasteiger partial charge in [0.15, 0.2) is 11.5 Å². The molecule has 0 amide bonds. The molecule has 0 aliphatic rings. The molecule has 7 N–H and O–H groups in total. The third kappa shape index (κ3) is 3.07. The normalized spacial score (nSPS) is 14.0. The molecular formula is C12H18N2O5. The van der Waals surface area contributed by atoms with Gasteiger partial charge in [0, 0.05) is 18.1 Å². The fourth-order valence-corrected chi connectivity index (χ4v) is 1.96. The number of carboxylic acid groups (broad SMARTS) is 1. The smallest absolute Gasteiger partial charge is 0.325 e. The van der Waals surface area contributed by atoms with Crippen molar-refractivity contribution in [2.24, 2.45) is 5.84 Å². The molecule has 0 fully saturated rings. The van der Waals surface area contributed by atoms with E-state index >= 15 is 0 Å². The van der Waals surface area contributed by atoms with Gasteiger partial charge in [-0.3, -0.25) is 10.6 Å². The summed E-state index contributed by atoms with van der Waals surface area (Å²) < 4.78 is 0. The van der Waals surface area contributed by atoms with Crippen LogP contribution in [0.15, 0.2) is 12.1 Å². The zero-order valence-electron chi connectivity index (χ0n) is 10.6. The van der Waals surface area contributed by atoms with Gasteiger partial charge in [0.2, 0.25) is 0 Å². The number of aliphatic carboxylic acids is 1. The number of nitrogens with two attached hydrogens (primary N) is 1. The molecule has 0 saturated heterocycles. The first-order chi connectivity index (χ1) is 8.86. The van der Waals surface area contributed by atoms with Gasteiger partial charge >= 0.3 is 5.97 Å². The molecule has 7 nitrogen and oxygen atoms in total. The molecule has 0 saturated carbocycles. The van der Waals surface area contributed by atoms with E-state index in [2.05, 4.69) is 5.43 Å². The van der Waals surface area contributed by atoms with Crippen LogP contribution in [0.25, 0.3) is 0 Å². The molecule has 1 rings (SSSR count). The van der Waals surface area contributed by atoms with Crippen LogP contribution < -0.4 is 11.3 Å². The van der Waals surface area contributed by atoms with Crippen LogP contribution in [0.5, 0.6) is 17.2 Å².